The molecule has 0 radical (unpaired) electrons. The van der Waals surface area contributed by atoms with Gasteiger partial charge in [0, 0.05) is 6.42 Å². The van der Waals surface area contributed by atoms with Crippen molar-refractivity contribution in [1.29, 1.82) is 0 Å². The van der Waals surface area contributed by atoms with Crippen molar-refractivity contribution in [3.63, 3.8) is 0 Å². The Morgan fingerprint density at radius 1 is 1.22 bits per heavy atom. The molecule has 6 N–H and O–H groups in total. The maximum atomic E-state index is 11.3. The van der Waals surface area contributed by atoms with Gasteiger partial charge < -0.3 is 16.5 Å². The Morgan fingerprint density at radius 3 is 2.39 bits per heavy atom. The quantitative estimate of drug-likeness (QED) is 0.390. The van der Waals surface area contributed by atoms with Crippen molar-refractivity contribution in [3.05, 3.63) is 29.8 Å². The van der Waals surface area contributed by atoms with Gasteiger partial charge in [-0.3, -0.25) is 0 Å². The van der Waals surface area contributed by atoms with E-state index in [1.54, 1.807) is 24.3 Å². The molecular weight excluding hydrogens is 238 g/mol. The van der Waals surface area contributed by atoms with E-state index in [-0.39, 0.29) is 6.42 Å². The first-order chi connectivity index (χ1) is 8.71. The van der Waals surface area contributed by atoms with E-state index in [2.05, 4.69) is 25.5 Å². The van der Waals surface area contributed by atoms with E-state index in [1.807, 2.05) is 0 Å². The smallest absolute Gasteiger partial charge is 0.351 e. The molecule has 0 unspecified atom stereocenters. The van der Waals surface area contributed by atoms with Crippen LogP contribution in [-0.4, -0.2) is 12.0 Å². The Bertz CT molecular complexity index is 443. The molecule has 9 nitrogen and oxygen atoms in total. The number of hydrogen-bond acceptors (Lipinski definition) is 7. The van der Waals surface area contributed by atoms with Gasteiger partial charge in [0.05, 0.1) is 5.69 Å². The van der Waals surface area contributed by atoms with Gasteiger partial charge >= 0.3 is 5.97 Å². The number of nitrogens with zero attached hydrogens (tertiary/aromatic N) is 4. The van der Waals surface area contributed by atoms with Gasteiger partial charge in [-0.1, -0.05) is 22.6 Å². The summed E-state index contributed by atoms with van der Waals surface area (Å²) in [6.45, 7) is 0. The maximum absolute atomic E-state index is 11.3. The molecule has 0 aromatic heterocycles. The van der Waals surface area contributed by atoms with Crippen LogP contribution in [0.2, 0.25) is 0 Å². The first-order valence-electron chi connectivity index (χ1n) is 4.91. The van der Waals surface area contributed by atoms with Gasteiger partial charge in [-0.25, -0.2) is 4.79 Å². The molecule has 0 amide bonds. The van der Waals surface area contributed by atoms with Crippen LogP contribution in [0.4, 0.5) is 5.69 Å². The Balaban J connectivity index is 2.77. The van der Waals surface area contributed by atoms with E-state index in [1.165, 1.54) is 0 Å². The van der Waals surface area contributed by atoms with Crippen molar-refractivity contribution in [2.24, 2.45) is 38.3 Å². The Hall–Kier alpha value is -2.55. The van der Waals surface area contributed by atoms with Crippen LogP contribution in [0, 0.1) is 0 Å². The molecular formula is C9H13N7O2. The normalized spacial score (nSPS) is 12.9. The minimum atomic E-state index is -0.873. The van der Waals surface area contributed by atoms with E-state index in [9.17, 15) is 4.79 Å². The lowest BCUT2D eigenvalue weighted by atomic mass is 10.1. The first kappa shape index (κ1) is 13.5. The summed E-state index contributed by atoms with van der Waals surface area (Å²) in [5, 5.41) is 13.4. The zero-order valence-corrected chi connectivity index (χ0v) is 9.43. The van der Waals surface area contributed by atoms with Crippen molar-refractivity contribution in [1.82, 2.24) is 0 Å². The van der Waals surface area contributed by atoms with E-state index in [0.717, 1.165) is 5.56 Å². The summed E-state index contributed by atoms with van der Waals surface area (Å²) in [7, 11) is 0. The highest BCUT2D eigenvalue weighted by Gasteiger charge is 2.19. The number of hydrogen-bond donors (Lipinski definition) is 3. The Kier molecular flexibility index (Phi) is 5.19. The van der Waals surface area contributed by atoms with Crippen LogP contribution in [0.25, 0.3) is 0 Å². The molecule has 1 aromatic carbocycles. The molecule has 0 fully saturated rings. The lowest BCUT2D eigenvalue weighted by Crippen LogP contribution is -2.26. The summed E-state index contributed by atoms with van der Waals surface area (Å²) >= 11 is 0. The maximum Gasteiger partial charge on any atom is 0.351 e. The molecule has 0 bridgehead atoms. The fourth-order valence-electron chi connectivity index (χ4n) is 1.32. The van der Waals surface area contributed by atoms with Crippen molar-refractivity contribution in [2.45, 2.75) is 12.5 Å². The summed E-state index contributed by atoms with van der Waals surface area (Å²) in [5.41, 5.74) is 1.41. The highest BCUT2D eigenvalue weighted by Crippen LogP contribution is 2.15. The third kappa shape index (κ3) is 3.79. The van der Waals surface area contributed by atoms with E-state index >= 15 is 0 Å². The summed E-state index contributed by atoms with van der Waals surface area (Å²) < 4.78 is 0. The molecule has 9 heteroatoms. The van der Waals surface area contributed by atoms with Crippen LogP contribution in [0.15, 0.2) is 44.9 Å². The highest BCUT2D eigenvalue weighted by atomic mass is 16.7. The Morgan fingerprint density at radius 2 is 1.89 bits per heavy atom. The van der Waals surface area contributed by atoms with Crippen molar-refractivity contribution in [2.75, 3.05) is 0 Å². The largest absolute Gasteiger partial charge is 0.372 e. The van der Waals surface area contributed by atoms with Crippen LogP contribution >= 0.6 is 0 Å². The predicted molar refractivity (Wildman–Crippen MR) is 62.0 cm³/mol. The monoisotopic (exact) mass is 251 g/mol. The zero-order valence-electron chi connectivity index (χ0n) is 9.43. The molecule has 1 rings (SSSR count). The second-order valence-corrected chi connectivity index (χ2v) is 3.27. The van der Waals surface area contributed by atoms with Crippen molar-refractivity contribution >= 4 is 11.7 Å². The molecule has 0 spiro atoms. The molecule has 96 valence electrons. The molecule has 0 saturated carbocycles. The summed E-state index contributed by atoms with van der Waals surface area (Å²) in [5.74, 6) is 13.9. The SMILES string of the molecule is NN=Nc1ccc(C[C@H](N=NN)C(=O)ON)cc1. The number of benzene rings is 1. The molecule has 18 heavy (non-hydrogen) atoms. The van der Waals surface area contributed by atoms with Crippen LogP contribution < -0.4 is 17.6 Å². The van der Waals surface area contributed by atoms with E-state index in [0.29, 0.717) is 5.69 Å². The molecule has 1 aromatic rings. The third-order valence-electron chi connectivity index (χ3n) is 2.13. The molecule has 1 atom stereocenters. The second-order valence-electron chi connectivity index (χ2n) is 3.27. The van der Waals surface area contributed by atoms with Gasteiger partial charge in [0.2, 0.25) is 0 Å². The molecule has 0 heterocycles. The summed E-state index contributed by atoms with van der Waals surface area (Å²) in [6.07, 6.45) is 0.261. The second kappa shape index (κ2) is 6.91. The van der Waals surface area contributed by atoms with Crippen molar-refractivity contribution in [3.8, 4) is 0 Å². The minimum absolute atomic E-state index is 0.261. The van der Waals surface area contributed by atoms with Gasteiger partial charge in [-0.15, -0.1) is 5.11 Å². The molecule has 0 saturated heterocycles. The van der Waals surface area contributed by atoms with Crippen LogP contribution in [0.5, 0.6) is 0 Å². The van der Waals surface area contributed by atoms with Crippen LogP contribution in [0.1, 0.15) is 5.56 Å². The first-order valence-corrected chi connectivity index (χ1v) is 4.91. The number of nitrogens with two attached hydrogens (primary N) is 3. The van der Waals surface area contributed by atoms with Gasteiger partial charge in [0.25, 0.3) is 0 Å². The third-order valence-corrected chi connectivity index (χ3v) is 2.13. The lowest BCUT2D eigenvalue weighted by Gasteiger charge is -2.07. The predicted octanol–water partition coefficient (Wildman–Crippen LogP) is 0.298. The average Bonchev–Trinajstić information content (AvgIpc) is 2.40. The highest BCUT2D eigenvalue weighted by molar-refractivity contribution is 5.75. The van der Waals surface area contributed by atoms with E-state index < -0.39 is 12.0 Å². The minimum Gasteiger partial charge on any atom is -0.372 e. The molecule has 0 aliphatic carbocycles. The number of carbonyl (C=O) groups is 1. The van der Waals surface area contributed by atoms with Crippen LogP contribution in [0.3, 0.4) is 0 Å². The van der Waals surface area contributed by atoms with Gasteiger partial charge in [-0.2, -0.15) is 11.0 Å². The zero-order chi connectivity index (χ0) is 13.4. The van der Waals surface area contributed by atoms with E-state index in [4.69, 9.17) is 17.6 Å². The molecule has 0 aliphatic heterocycles. The van der Waals surface area contributed by atoms with Crippen molar-refractivity contribution < 1.29 is 9.63 Å². The fraction of sp³-hybridized carbons (Fsp3) is 0.222. The average molecular weight is 251 g/mol. The number of rotatable bonds is 5. The topological polar surface area (TPSA) is 154 Å². The van der Waals surface area contributed by atoms with Gasteiger partial charge in [0.15, 0.2) is 6.04 Å². The summed E-state index contributed by atoms with van der Waals surface area (Å²) in [4.78, 5) is 15.4. The van der Waals surface area contributed by atoms with Crippen LogP contribution in [-0.2, 0) is 16.1 Å². The molecule has 0 aliphatic rings. The lowest BCUT2D eigenvalue weighted by molar-refractivity contribution is -0.145. The summed E-state index contributed by atoms with van der Waals surface area (Å²) in [6, 6.07) is 5.99. The Labute approximate surface area is 103 Å². The fourth-order valence-corrected chi connectivity index (χ4v) is 1.32. The van der Waals surface area contributed by atoms with Gasteiger partial charge in [0.1, 0.15) is 0 Å². The van der Waals surface area contributed by atoms with Gasteiger partial charge in [-0.05, 0) is 17.7 Å². The standard InChI is InChI=1S/C9H13N7O2/c10-15-13-7-3-1-6(2-4-7)5-8(14-16-11)9(17)18-12/h1-4,8H,5,12H2,(H2,10,13)(H2,11,14)/t8-/m0/s1. The number of carbonyl (C=O) groups excluding carboxylic acids is 1.